The maximum Gasteiger partial charge on any atom is 0.471 e. The number of nitrogens with zero attached hydrogens (tertiary/aromatic N) is 2. The average Bonchev–Trinajstić information content (AvgIpc) is 2.36. The van der Waals surface area contributed by atoms with Gasteiger partial charge in [0, 0.05) is 12.6 Å². The molecule has 22 heavy (non-hydrogen) atoms. The molecule has 0 aromatic rings. The van der Waals surface area contributed by atoms with Gasteiger partial charge in [0.25, 0.3) is 0 Å². The van der Waals surface area contributed by atoms with Crippen LogP contribution in [0.15, 0.2) is 0 Å². The van der Waals surface area contributed by atoms with E-state index in [-0.39, 0.29) is 6.42 Å². The Morgan fingerprint density at radius 1 is 1.18 bits per heavy atom. The fourth-order valence-corrected chi connectivity index (χ4v) is 2.14. The van der Waals surface area contributed by atoms with Crippen molar-refractivity contribution < 1.29 is 35.9 Å². The van der Waals surface area contributed by atoms with Crippen molar-refractivity contribution in [2.24, 2.45) is 0 Å². The number of rotatable bonds is 2. The summed E-state index contributed by atoms with van der Waals surface area (Å²) in [4.78, 5) is 22.7. The molecule has 1 aliphatic heterocycles. The number of hydrogen-bond donors (Lipinski definition) is 1. The first-order valence-corrected chi connectivity index (χ1v) is 6.07. The van der Waals surface area contributed by atoms with Crippen LogP contribution in [0.3, 0.4) is 0 Å². The highest BCUT2D eigenvalue weighted by Crippen LogP contribution is 2.32. The summed E-state index contributed by atoms with van der Waals surface area (Å²) in [6.07, 6.45) is -11.8. The topological polar surface area (TPSA) is 73.2 Å². The van der Waals surface area contributed by atoms with Crippen molar-refractivity contribution in [1.29, 1.82) is 5.26 Å². The highest BCUT2D eigenvalue weighted by atomic mass is 19.4. The van der Waals surface area contributed by atoms with Gasteiger partial charge in [0.1, 0.15) is 12.5 Å². The van der Waals surface area contributed by atoms with Gasteiger partial charge in [-0.15, -0.1) is 0 Å². The van der Waals surface area contributed by atoms with Crippen LogP contribution in [0.1, 0.15) is 19.3 Å². The van der Waals surface area contributed by atoms with Crippen LogP contribution in [0, 0.1) is 11.3 Å². The molecule has 124 valence electrons. The summed E-state index contributed by atoms with van der Waals surface area (Å²) in [7, 11) is 0. The SMILES string of the molecule is N#CCC(=O)N1C[C@H](NC(=O)C(F)(F)F)CC[C@@H]1C(F)(F)F. The van der Waals surface area contributed by atoms with E-state index in [1.165, 1.54) is 6.07 Å². The predicted octanol–water partition coefficient (Wildman–Crippen LogP) is 1.50. The molecular formula is C11H11F6N3O2. The zero-order valence-corrected chi connectivity index (χ0v) is 11.0. The van der Waals surface area contributed by atoms with Crippen molar-refractivity contribution in [3.05, 3.63) is 0 Å². The lowest BCUT2D eigenvalue weighted by molar-refractivity contribution is -0.198. The van der Waals surface area contributed by atoms with Crippen LogP contribution in [0.2, 0.25) is 0 Å². The second-order valence-electron chi connectivity index (χ2n) is 4.68. The molecule has 5 nitrogen and oxygen atoms in total. The number of nitrogens with one attached hydrogen (secondary N) is 1. The Labute approximate surface area is 120 Å². The fraction of sp³-hybridized carbons (Fsp3) is 0.727. The van der Waals surface area contributed by atoms with Gasteiger partial charge in [0.2, 0.25) is 5.91 Å². The summed E-state index contributed by atoms with van der Waals surface area (Å²) in [5.41, 5.74) is 0. The van der Waals surface area contributed by atoms with E-state index in [2.05, 4.69) is 0 Å². The van der Waals surface area contributed by atoms with Gasteiger partial charge in [-0.25, -0.2) is 0 Å². The van der Waals surface area contributed by atoms with Gasteiger partial charge < -0.3 is 10.2 Å². The molecule has 0 aromatic heterocycles. The minimum Gasteiger partial charge on any atom is -0.344 e. The van der Waals surface area contributed by atoms with Gasteiger partial charge >= 0.3 is 18.3 Å². The molecule has 11 heteroatoms. The number of halogens is 6. The second kappa shape index (κ2) is 6.41. The highest BCUT2D eigenvalue weighted by Gasteiger charge is 2.49. The maximum absolute atomic E-state index is 12.8. The first-order valence-electron chi connectivity index (χ1n) is 6.07. The van der Waals surface area contributed by atoms with Crippen LogP contribution in [-0.2, 0) is 9.59 Å². The van der Waals surface area contributed by atoms with Crippen LogP contribution < -0.4 is 5.32 Å². The maximum atomic E-state index is 12.8. The van der Waals surface area contributed by atoms with Gasteiger partial charge in [-0.2, -0.15) is 31.6 Å². The molecule has 0 unspecified atom stereocenters. The van der Waals surface area contributed by atoms with Crippen LogP contribution in [0.5, 0.6) is 0 Å². The molecule has 0 saturated carbocycles. The Bertz CT molecular complexity index is 482. The third kappa shape index (κ3) is 4.51. The minimum absolute atomic E-state index is 0.300. The zero-order valence-electron chi connectivity index (χ0n) is 11.0. The van der Waals surface area contributed by atoms with Crippen LogP contribution >= 0.6 is 0 Å². The number of hydrogen-bond acceptors (Lipinski definition) is 3. The van der Waals surface area contributed by atoms with Gasteiger partial charge in [0.15, 0.2) is 0 Å². The van der Waals surface area contributed by atoms with Gasteiger partial charge in [-0.05, 0) is 12.8 Å². The predicted molar refractivity (Wildman–Crippen MR) is 59.0 cm³/mol. The minimum atomic E-state index is -5.16. The summed E-state index contributed by atoms with van der Waals surface area (Å²) in [5.74, 6) is -3.42. The summed E-state index contributed by atoms with van der Waals surface area (Å²) in [6.45, 7) is -0.730. The largest absolute Gasteiger partial charge is 0.471 e. The Balaban J connectivity index is 2.85. The lowest BCUT2D eigenvalue weighted by Crippen LogP contribution is -2.59. The number of likely N-dealkylation sites (tertiary alicyclic amines) is 1. The van der Waals surface area contributed by atoms with E-state index in [9.17, 15) is 35.9 Å². The molecule has 0 radical (unpaired) electrons. The van der Waals surface area contributed by atoms with E-state index in [0.717, 1.165) is 0 Å². The first kappa shape index (κ1) is 18.1. The molecular weight excluding hydrogens is 320 g/mol. The van der Waals surface area contributed by atoms with E-state index in [1.54, 1.807) is 5.32 Å². The smallest absolute Gasteiger partial charge is 0.344 e. The van der Waals surface area contributed by atoms with Crippen molar-refractivity contribution in [2.45, 2.75) is 43.7 Å². The Kier molecular flexibility index (Phi) is 5.26. The molecule has 2 amide bonds. The van der Waals surface area contributed by atoms with Crippen LogP contribution in [-0.4, -0.2) is 47.7 Å². The third-order valence-corrected chi connectivity index (χ3v) is 3.10. The second-order valence-corrected chi connectivity index (χ2v) is 4.68. The third-order valence-electron chi connectivity index (χ3n) is 3.10. The number of nitriles is 1. The Morgan fingerprint density at radius 3 is 2.23 bits per heavy atom. The number of carbonyl (C=O) groups excluding carboxylic acids is 2. The van der Waals surface area contributed by atoms with Crippen molar-refractivity contribution in [3.8, 4) is 6.07 Å². The van der Waals surface area contributed by atoms with Crippen molar-refractivity contribution >= 4 is 11.8 Å². The molecule has 1 fully saturated rings. The number of alkyl halides is 6. The van der Waals surface area contributed by atoms with Crippen LogP contribution in [0.4, 0.5) is 26.3 Å². The number of piperidine rings is 1. The molecule has 1 aliphatic rings. The Morgan fingerprint density at radius 2 is 1.77 bits per heavy atom. The lowest BCUT2D eigenvalue weighted by Gasteiger charge is -2.40. The molecule has 0 aromatic carbocycles. The average molecular weight is 331 g/mol. The van der Waals surface area contributed by atoms with E-state index in [4.69, 9.17) is 5.26 Å². The van der Waals surface area contributed by atoms with E-state index >= 15 is 0 Å². The van der Waals surface area contributed by atoms with E-state index in [1.807, 2.05) is 0 Å². The quantitative estimate of drug-likeness (QED) is 0.780. The molecule has 1 N–H and O–H groups in total. The first-order chi connectivity index (χ1) is 9.96. The number of amides is 2. The van der Waals surface area contributed by atoms with Gasteiger partial charge in [-0.3, -0.25) is 9.59 Å². The molecule has 0 bridgehead atoms. The summed E-state index contributed by atoms with van der Waals surface area (Å²) in [5, 5.41) is 9.93. The lowest BCUT2D eigenvalue weighted by atomic mass is 9.97. The van der Waals surface area contributed by atoms with Crippen molar-refractivity contribution in [1.82, 2.24) is 10.2 Å². The Hall–Kier alpha value is -1.99. The standard InChI is InChI=1S/C11H11F6N3O2/c12-10(13,14)7-2-1-6(19-9(22)11(15,16)17)5-20(7)8(21)3-4-18/h6-7H,1-3,5H2,(H,19,22)/t6-,7-/m1/s1. The summed E-state index contributed by atoms with van der Waals surface area (Å²) < 4.78 is 74.9. The molecule has 2 atom stereocenters. The van der Waals surface area contributed by atoms with Crippen LogP contribution in [0.25, 0.3) is 0 Å². The zero-order chi connectivity index (χ0) is 17.1. The van der Waals surface area contributed by atoms with Gasteiger partial charge in [-0.1, -0.05) is 0 Å². The fourth-order valence-electron chi connectivity index (χ4n) is 2.14. The summed E-state index contributed by atoms with van der Waals surface area (Å²) >= 11 is 0. The highest BCUT2D eigenvalue weighted by molar-refractivity contribution is 5.82. The molecule has 1 heterocycles. The van der Waals surface area contributed by atoms with Gasteiger partial charge in [0.05, 0.1) is 6.07 Å². The van der Waals surface area contributed by atoms with Crippen molar-refractivity contribution in [3.63, 3.8) is 0 Å². The van der Waals surface area contributed by atoms with Crippen molar-refractivity contribution in [2.75, 3.05) is 6.54 Å². The number of carbonyl (C=O) groups is 2. The molecule has 0 aliphatic carbocycles. The van der Waals surface area contributed by atoms with E-state index < -0.39 is 55.6 Å². The molecule has 1 saturated heterocycles. The monoisotopic (exact) mass is 331 g/mol. The summed E-state index contributed by atoms with van der Waals surface area (Å²) in [6, 6.07) is -2.04. The van der Waals surface area contributed by atoms with E-state index in [0.29, 0.717) is 4.90 Å². The molecule has 1 rings (SSSR count). The molecule has 0 spiro atoms. The normalized spacial score (nSPS) is 22.9.